The fourth-order valence-corrected chi connectivity index (χ4v) is 4.35. The van der Waals surface area contributed by atoms with E-state index in [0.29, 0.717) is 39.6 Å². The zero-order valence-electron chi connectivity index (χ0n) is 18.6. The Labute approximate surface area is 197 Å². The Morgan fingerprint density at radius 2 is 1.91 bits per heavy atom. The molecule has 0 aliphatic carbocycles. The minimum atomic E-state index is -0.408. The molecule has 4 rings (SSSR count). The lowest BCUT2D eigenvalue weighted by molar-refractivity contribution is -0.122. The maximum Gasteiger partial charge on any atom is 0.337 e. The molecule has 3 aromatic rings. The highest BCUT2D eigenvalue weighted by Crippen LogP contribution is 2.35. The molecule has 0 radical (unpaired) electrons. The summed E-state index contributed by atoms with van der Waals surface area (Å²) in [5.74, 6) is 0.949. The zero-order chi connectivity index (χ0) is 23.4. The van der Waals surface area contributed by atoms with Gasteiger partial charge in [0.2, 0.25) is 0 Å². The third-order valence-electron chi connectivity index (χ3n) is 4.89. The van der Waals surface area contributed by atoms with Crippen molar-refractivity contribution in [1.29, 1.82) is 0 Å². The molecule has 33 heavy (non-hydrogen) atoms. The lowest BCUT2D eigenvalue weighted by Gasteiger charge is -2.17. The monoisotopic (exact) mass is 460 g/mol. The van der Waals surface area contributed by atoms with Crippen molar-refractivity contribution in [2.45, 2.75) is 13.8 Å². The second-order valence-electron chi connectivity index (χ2n) is 7.92. The Bertz CT molecular complexity index is 1230. The summed E-state index contributed by atoms with van der Waals surface area (Å²) in [7, 11) is 1.35. The van der Waals surface area contributed by atoms with Crippen molar-refractivity contribution in [2.24, 2.45) is 10.9 Å². The van der Waals surface area contributed by atoms with Crippen molar-refractivity contribution in [1.82, 2.24) is 4.90 Å². The van der Waals surface area contributed by atoms with Crippen LogP contribution in [-0.2, 0) is 9.53 Å². The fourth-order valence-electron chi connectivity index (χ4n) is 3.36. The SMILES string of the molecule is COC(=O)c1cccc(-c2ccc(C=C3SC(=Nc4ccccc4)N(CC(C)C)C3=O)o2)c1. The van der Waals surface area contributed by atoms with E-state index in [1.165, 1.54) is 18.9 Å². The van der Waals surface area contributed by atoms with Crippen LogP contribution < -0.4 is 0 Å². The Kier molecular flexibility index (Phi) is 6.79. The van der Waals surface area contributed by atoms with Gasteiger partial charge < -0.3 is 9.15 Å². The molecule has 0 bridgehead atoms. The van der Waals surface area contributed by atoms with Crippen LogP contribution in [0.4, 0.5) is 5.69 Å². The van der Waals surface area contributed by atoms with Crippen LogP contribution in [0.1, 0.15) is 30.0 Å². The summed E-state index contributed by atoms with van der Waals surface area (Å²) in [5.41, 5.74) is 1.99. The Balaban J connectivity index is 1.62. The van der Waals surface area contributed by atoms with E-state index in [1.807, 2.05) is 42.5 Å². The molecule has 0 N–H and O–H groups in total. The lowest BCUT2D eigenvalue weighted by Crippen LogP contribution is -2.32. The first-order chi connectivity index (χ1) is 15.9. The van der Waals surface area contributed by atoms with E-state index in [4.69, 9.17) is 14.1 Å². The van der Waals surface area contributed by atoms with E-state index in [1.54, 1.807) is 35.2 Å². The molecule has 1 aliphatic rings. The number of furan rings is 1. The number of esters is 1. The minimum absolute atomic E-state index is 0.0889. The quantitative estimate of drug-likeness (QED) is 0.334. The summed E-state index contributed by atoms with van der Waals surface area (Å²) in [5, 5.41) is 0.656. The van der Waals surface area contributed by atoms with E-state index < -0.39 is 5.97 Å². The van der Waals surface area contributed by atoms with Crippen molar-refractivity contribution in [3.63, 3.8) is 0 Å². The van der Waals surface area contributed by atoms with Crippen molar-refractivity contribution < 1.29 is 18.7 Å². The third kappa shape index (κ3) is 5.26. The van der Waals surface area contributed by atoms with Crippen LogP contribution in [0.25, 0.3) is 17.4 Å². The summed E-state index contributed by atoms with van der Waals surface area (Å²) in [6.07, 6.45) is 1.74. The van der Waals surface area contributed by atoms with Crippen molar-refractivity contribution >= 4 is 40.6 Å². The van der Waals surface area contributed by atoms with Gasteiger partial charge in [0, 0.05) is 18.2 Å². The number of carbonyl (C=O) groups is 2. The van der Waals surface area contributed by atoms with Crippen LogP contribution in [0, 0.1) is 5.92 Å². The molecular formula is C26H24N2O4S. The normalized spacial score (nSPS) is 16.2. The van der Waals surface area contributed by atoms with Gasteiger partial charge in [0.1, 0.15) is 11.5 Å². The number of nitrogens with zero attached hydrogens (tertiary/aromatic N) is 2. The molecule has 2 heterocycles. The topological polar surface area (TPSA) is 72.1 Å². The maximum absolute atomic E-state index is 13.1. The number of rotatable bonds is 6. The van der Waals surface area contributed by atoms with Gasteiger partial charge in [0.15, 0.2) is 5.17 Å². The smallest absolute Gasteiger partial charge is 0.337 e. The number of thioether (sulfide) groups is 1. The number of aliphatic imine (C=N–C) groups is 1. The van der Waals surface area contributed by atoms with Gasteiger partial charge in [-0.2, -0.15) is 0 Å². The highest BCUT2D eigenvalue weighted by atomic mass is 32.2. The van der Waals surface area contributed by atoms with Crippen LogP contribution in [0.15, 0.2) is 81.0 Å². The fraction of sp³-hybridized carbons (Fsp3) is 0.192. The number of ether oxygens (including phenoxy) is 1. The first-order valence-corrected chi connectivity index (χ1v) is 11.4. The Hall–Kier alpha value is -3.58. The van der Waals surface area contributed by atoms with Gasteiger partial charge in [-0.15, -0.1) is 0 Å². The molecule has 1 aliphatic heterocycles. The predicted octanol–water partition coefficient (Wildman–Crippen LogP) is 5.99. The van der Waals surface area contributed by atoms with E-state index >= 15 is 0 Å². The summed E-state index contributed by atoms with van der Waals surface area (Å²) in [6.45, 7) is 4.72. The number of hydrogen-bond acceptors (Lipinski definition) is 6. The summed E-state index contributed by atoms with van der Waals surface area (Å²) >= 11 is 1.34. The second kappa shape index (κ2) is 9.92. The number of benzene rings is 2. The van der Waals surface area contributed by atoms with Gasteiger partial charge in [-0.05, 0) is 54.1 Å². The van der Waals surface area contributed by atoms with Crippen LogP contribution >= 0.6 is 11.8 Å². The first-order valence-electron chi connectivity index (χ1n) is 10.6. The number of methoxy groups -OCH3 is 1. The maximum atomic E-state index is 13.1. The van der Waals surface area contributed by atoms with Gasteiger partial charge in [0.25, 0.3) is 5.91 Å². The lowest BCUT2D eigenvalue weighted by atomic mass is 10.1. The van der Waals surface area contributed by atoms with Gasteiger partial charge in [0.05, 0.1) is 23.3 Å². The van der Waals surface area contributed by atoms with Crippen molar-refractivity contribution in [2.75, 3.05) is 13.7 Å². The average molecular weight is 461 g/mol. The average Bonchev–Trinajstić information content (AvgIpc) is 3.40. The molecule has 6 nitrogen and oxygen atoms in total. The molecule has 7 heteroatoms. The van der Waals surface area contributed by atoms with E-state index in [0.717, 1.165) is 11.3 Å². The van der Waals surface area contributed by atoms with E-state index in [-0.39, 0.29) is 5.91 Å². The highest BCUT2D eigenvalue weighted by molar-refractivity contribution is 8.18. The van der Waals surface area contributed by atoms with E-state index in [2.05, 4.69) is 13.8 Å². The zero-order valence-corrected chi connectivity index (χ0v) is 19.5. The van der Waals surface area contributed by atoms with Gasteiger partial charge in [-0.25, -0.2) is 9.79 Å². The molecule has 2 aromatic carbocycles. The third-order valence-corrected chi connectivity index (χ3v) is 5.89. The summed E-state index contributed by atoms with van der Waals surface area (Å²) in [4.78, 5) is 31.9. The van der Waals surface area contributed by atoms with Crippen LogP contribution in [-0.4, -0.2) is 35.6 Å². The van der Waals surface area contributed by atoms with Gasteiger partial charge in [-0.3, -0.25) is 9.69 Å². The molecule has 1 aromatic heterocycles. The summed E-state index contributed by atoms with van der Waals surface area (Å²) < 4.78 is 10.8. The Morgan fingerprint density at radius 3 is 2.64 bits per heavy atom. The number of amides is 1. The number of para-hydroxylation sites is 1. The summed E-state index contributed by atoms with van der Waals surface area (Å²) in [6, 6.07) is 20.2. The second-order valence-corrected chi connectivity index (χ2v) is 8.93. The molecule has 0 spiro atoms. The van der Waals surface area contributed by atoms with Crippen molar-refractivity contribution in [3.05, 3.63) is 83.0 Å². The van der Waals surface area contributed by atoms with Crippen LogP contribution in [0.3, 0.4) is 0 Å². The van der Waals surface area contributed by atoms with Crippen LogP contribution in [0.5, 0.6) is 0 Å². The molecule has 1 amide bonds. The molecule has 1 saturated heterocycles. The largest absolute Gasteiger partial charge is 0.465 e. The molecule has 0 saturated carbocycles. The standard InChI is InChI=1S/C26H24N2O4S/c1-17(2)16-28-24(29)23(33-26(28)27-20-10-5-4-6-11-20)15-21-12-13-22(32-21)18-8-7-9-19(14-18)25(30)31-3/h4-15,17H,16H2,1-3H3. The number of hydrogen-bond donors (Lipinski definition) is 0. The van der Waals surface area contributed by atoms with Crippen LogP contribution in [0.2, 0.25) is 0 Å². The van der Waals surface area contributed by atoms with Gasteiger partial charge >= 0.3 is 5.97 Å². The first kappa shape index (κ1) is 22.6. The molecular weight excluding hydrogens is 436 g/mol. The molecule has 1 fully saturated rings. The molecule has 0 atom stereocenters. The molecule has 0 unspecified atom stereocenters. The van der Waals surface area contributed by atoms with Crippen molar-refractivity contribution in [3.8, 4) is 11.3 Å². The highest BCUT2D eigenvalue weighted by Gasteiger charge is 2.34. The number of amidine groups is 1. The van der Waals surface area contributed by atoms with E-state index in [9.17, 15) is 9.59 Å². The predicted molar refractivity (Wildman–Crippen MR) is 131 cm³/mol. The van der Waals surface area contributed by atoms with Gasteiger partial charge in [-0.1, -0.05) is 44.2 Å². The minimum Gasteiger partial charge on any atom is -0.465 e. The number of carbonyl (C=O) groups excluding carboxylic acids is 2. The molecule has 168 valence electrons. The Morgan fingerprint density at radius 1 is 1.12 bits per heavy atom.